The van der Waals surface area contributed by atoms with E-state index in [1.54, 1.807) is 0 Å². The van der Waals surface area contributed by atoms with E-state index in [0.717, 1.165) is 0 Å². The molecule has 0 aliphatic carbocycles. The summed E-state index contributed by atoms with van der Waals surface area (Å²) in [7, 11) is 0. The maximum absolute atomic E-state index is 0. The molecule has 1 radical (unpaired) electrons. The molecule has 0 aromatic carbocycles. The van der Waals surface area contributed by atoms with Crippen LogP contribution < -0.4 is 0 Å². The fourth-order valence-corrected chi connectivity index (χ4v) is 0. The third-order valence-corrected chi connectivity index (χ3v) is 0. The van der Waals surface area contributed by atoms with Gasteiger partial charge in [-0.2, -0.15) is 0 Å². The summed E-state index contributed by atoms with van der Waals surface area (Å²) in [5.74, 6) is 0. The molecule has 5 heavy (non-hydrogen) atoms. The van der Waals surface area contributed by atoms with Crippen molar-refractivity contribution in [2.75, 3.05) is 0 Å². The van der Waals surface area contributed by atoms with Crippen molar-refractivity contribution >= 4 is 17.4 Å². The zero-order valence-electron chi connectivity index (χ0n) is 1.55. The molecule has 2 N–H and O–H groups in total. The van der Waals surface area contributed by atoms with E-state index >= 15 is 0 Å². The second kappa shape index (κ2) is 37.1. The van der Waals surface area contributed by atoms with E-state index in [-0.39, 0.29) is 73.5 Å². The molecule has 0 saturated heterocycles. The van der Waals surface area contributed by atoms with Gasteiger partial charge < -0.3 is 5.48 Å². The second-order valence-corrected chi connectivity index (χ2v) is 0. The van der Waals surface area contributed by atoms with E-state index in [4.69, 9.17) is 0 Å². The van der Waals surface area contributed by atoms with Gasteiger partial charge >= 0.3 is 0 Å². The van der Waals surface area contributed by atoms with Gasteiger partial charge in [0.1, 0.15) is 0 Å². The maximum atomic E-state index is 0. The molecule has 0 unspecified atom stereocenters. The Bertz CT molecular complexity index is 11.6. The summed E-state index contributed by atoms with van der Waals surface area (Å²) in [5, 5.41) is 0. The zero-order chi connectivity index (χ0) is 0. The Balaban J connectivity index is 0. The van der Waals surface area contributed by atoms with Gasteiger partial charge in [0.2, 0.25) is 0 Å². The smallest absolute Gasteiger partial charge is 0.187 e. The molecule has 1 nitrogen and oxygen atoms in total. The first-order valence-corrected chi connectivity index (χ1v) is 0. The van der Waals surface area contributed by atoms with Crippen molar-refractivity contribution in [3.8, 4) is 0 Å². The van der Waals surface area contributed by atoms with E-state index in [9.17, 15) is 0 Å². The van der Waals surface area contributed by atoms with Gasteiger partial charge in [-0.1, -0.05) is 0 Å². The molecule has 0 aliphatic heterocycles. The topological polar surface area (TPSA) is 31.5 Å². The maximum Gasteiger partial charge on any atom is 0.187 e. The third-order valence-electron chi connectivity index (χ3n) is 0. The van der Waals surface area contributed by atoms with Crippen LogP contribution in [0.3, 0.4) is 0 Å². The van der Waals surface area contributed by atoms with Crippen molar-refractivity contribution in [2.45, 2.75) is 0 Å². The molecule has 0 heterocycles. The summed E-state index contributed by atoms with van der Waals surface area (Å²) in [4.78, 5) is 0. The van der Waals surface area contributed by atoms with E-state index in [0.29, 0.717) is 0 Å². The number of hydrogen-bond acceptors (Lipinski definition) is 0. The predicted octanol–water partition coefficient (Wildman–Crippen LogP) is -2.02. The van der Waals surface area contributed by atoms with Crippen molar-refractivity contribution in [1.82, 2.24) is 0 Å². The van der Waals surface area contributed by atoms with Crippen LogP contribution in [0.5, 0.6) is 0 Å². The predicted molar refractivity (Wildman–Crippen MR) is 13.6 cm³/mol. The summed E-state index contributed by atoms with van der Waals surface area (Å²) in [6.07, 6.45) is 0. The summed E-state index contributed by atoms with van der Waals surface area (Å²) in [5.41, 5.74) is 0. The SMILES string of the molecule is O.[AlH3].[Fe].[Mn].[Ni]. The molecule has 39 valence electrons. The Hall–Kier alpha value is 2.02. The van der Waals surface area contributed by atoms with Crippen LogP contribution in [0, 0.1) is 0 Å². The van der Waals surface area contributed by atoms with Gasteiger partial charge in [0, 0.05) is 50.6 Å². The van der Waals surface area contributed by atoms with Gasteiger partial charge in [0.15, 0.2) is 17.4 Å². The molecular formula is H5AlFeMnNiO. The monoisotopic (exact) mass is 217 g/mol. The fourth-order valence-electron chi connectivity index (χ4n) is 0. The molecule has 0 bridgehead atoms. The van der Waals surface area contributed by atoms with Crippen molar-refractivity contribution < 1.29 is 56.1 Å². The van der Waals surface area contributed by atoms with Gasteiger partial charge in [0.25, 0.3) is 0 Å². The average Bonchev–Trinajstić information content (AvgIpc) is 0. The molecule has 0 rings (SSSR count). The zero-order valence-corrected chi connectivity index (χ0v) is 4.82. The minimum atomic E-state index is 0. The normalized spacial score (nSPS) is 0. The summed E-state index contributed by atoms with van der Waals surface area (Å²) < 4.78 is 0. The second-order valence-electron chi connectivity index (χ2n) is 0. The Morgan fingerprint density at radius 1 is 1.00 bits per heavy atom. The standard InChI is InChI=1S/Al.Fe.Mn.Ni.H2O.3H/h;;;;1H2;;;. The molecule has 0 saturated carbocycles. The van der Waals surface area contributed by atoms with Crippen molar-refractivity contribution in [3.63, 3.8) is 0 Å². The Morgan fingerprint density at radius 2 is 1.00 bits per heavy atom. The minimum Gasteiger partial charge on any atom is -0.412 e. The summed E-state index contributed by atoms with van der Waals surface area (Å²) >= 11 is 0. The minimum absolute atomic E-state index is 0. The molecule has 0 atom stereocenters. The van der Waals surface area contributed by atoms with Gasteiger partial charge in [-0.15, -0.1) is 0 Å². The quantitative estimate of drug-likeness (QED) is 0.420. The van der Waals surface area contributed by atoms with Crippen LogP contribution in [0.4, 0.5) is 0 Å². The van der Waals surface area contributed by atoms with Gasteiger partial charge in [-0.05, 0) is 0 Å². The molecule has 0 aromatic rings. The first kappa shape index (κ1) is 62.2. The van der Waals surface area contributed by atoms with Crippen LogP contribution in [-0.4, -0.2) is 22.8 Å². The van der Waals surface area contributed by atoms with Crippen molar-refractivity contribution in [3.05, 3.63) is 0 Å². The van der Waals surface area contributed by atoms with Crippen LogP contribution in [-0.2, 0) is 50.6 Å². The largest absolute Gasteiger partial charge is 0.412 e. The molecule has 0 spiro atoms. The Morgan fingerprint density at radius 3 is 1.00 bits per heavy atom. The van der Waals surface area contributed by atoms with Gasteiger partial charge in [0.05, 0.1) is 0 Å². The van der Waals surface area contributed by atoms with Gasteiger partial charge in [-0.25, -0.2) is 0 Å². The molecule has 0 amide bonds. The van der Waals surface area contributed by atoms with Gasteiger partial charge in [-0.3, -0.25) is 0 Å². The van der Waals surface area contributed by atoms with Crippen LogP contribution in [0.1, 0.15) is 0 Å². The van der Waals surface area contributed by atoms with E-state index < -0.39 is 0 Å². The average molecular weight is 217 g/mol. The van der Waals surface area contributed by atoms with Crippen LogP contribution in [0.15, 0.2) is 0 Å². The van der Waals surface area contributed by atoms with Crippen LogP contribution in [0.25, 0.3) is 0 Å². The summed E-state index contributed by atoms with van der Waals surface area (Å²) in [6.45, 7) is 0. The fraction of sp³-hybridized carbons (Fsp3) is 0. The molecule has 5 heteroatoms. The molecule has 0 aromatic heterocycles. The molecular weight excluding hydrogens is 212 g/mol. The van der Waals surface area contributed by atoms with Crippen molar-refractivity contribution in [1.29, 1.82) is 0 Å². The van der Waals surface area contributed by atoms with E-state index in [1.807, 2.05) is 0 Å². The van der Waals surface area contributed by atoms with E-state index in [1.165, 1.54) is 0 Å². The molecule has 0 fully saturated rings. The van der Waals surface area contributed by atoms with Crippen molar-refractivity contribution in [2.24, 2.45) is 0 Å². The first-order valence-electron chi connectivity index (χ1n) is 0. The third kappa shape index (κ3) is 23.8. The number of rotatable bonds is 0. The Labute approximate surface area is 73.0 Å². The number of hydrogen-bond donors (Lipinski definition) is 0. The van der Waals surface area contributed by atoms with Crippen LogP contribution in [0.2, 0.25) is 0 Å². The molecule has 0 aliphatic rings. The van der Waals surface area contributed by atoms with E-state index in [2.05, 4.69) is 0 Å². The van der Waals surface area contributed by atoms with Crippen LogP contribution >= 0.6 is 0 Å². The first-order chi connectivity index (χ1) is 0. The Kier molecular flexibility index (Phi) is 461. The summed E-state index contributed by atoms with van der Waals surface area (Å²) in [6, 6.07) is 0.